The topological polar surface area (TPSA) is 168 Å². The Morgan fingerprint density at radius 3 is 1.60 bits per heavy atom. The van der Waals surface area contributed by atoms with Crippen LogP contribution in [-0.2, 0) is 4.79 Å². The van der Waals surface area contributed by atoms with Crippen LogP contribution in [0.15, 0.2) is 42.5 Å². The van der Waals surface area contributed by atoms with Gasteiger partial charge in [-0.2, -0.15) is 0 Å². The fraction of sp³-hybridized carbons (Fsp3) is 0.200. The quantitative estimate of drug-likeness (QED) is 0.502. The van der Waals surface area contributed by atoms with E-state index >= 15 is 0 Å². The van der Waals surface area contributed by atoms with Gasteiger partial charge < -0.3 is 34.7 Å². The minimum Gasteiger partial charge on any atom is -0.504 e. The molecule has 0 radical (unpaired) electrons. The van der Waals surface area contributed by atoms with Gasteiger partial charge in [-0.1, -0.05) is 18.2 Å². The standard InChI is InChI=1S/C10H12O3.C8H8O3.C2H4O2.O2/c1-13-10-7-8(3-2-6-11)4-5-9(10)12;1-11-8-4-6(5-9)2-3-7(8)10;3-1-2-4;1-2/h2-5,7,11-12H,6H2,1H3;2-5,10H,1H3;1,4H,2H2;/b3-2+;;;. The van der Waals surface area contributed by atoms with Crippen molar-refractivity contribution in [1.82, 2.24) is 0 Å². The Kier molecular flexibility index (Phi) is 17.6. The number of ether oxygens (including phenoxy) is 2. The van der Waals surface area contributed by atoms with Crippen LogP contribution < -0.4 is 9.47 Å². The largest absolute Gasteiger partial charge is 0.504 e. The minimum absolute atomic E-state index is 0.00317. The minimum atomic E-state index is -0.361. The molecule has 0 unspecified atom stereocenters. The molecule has 0 aliphatic carbocycles. The lowest BCUT2D eigenvalue weighted by molar-refractivity contribution is -0.110. The molecular weight excluding hydrogens is 400 g/mol. The van der Waals surface area contributed by atoms with Gasteiger partial charge in [0.2, 0.25) is 0 Å². The second kappa shape index (κ2) is 18.6. The fourth-order valence-corrected chi connectivity index (χ4v) is 1.75. The summed E-state index contributed by atoms with van der Waals surface area (Å²) in [5, 5.41) is 34.4. The van der Waals surface area contributed by atoms with Gasteiger partial charge in [-0.25, -0.2) is 0 Å². The van der Waals surface area contributed by atoms with E-state index in [0.717, 1.165) is 5.56 Å². The summed E-state index contributed by atoms with van der Waals surface area (Å²) >= 11 is 0. The van der Waals surface area contributed by atoms with Gasteiger partial charge in [-0.05, 0) is 35.9 Å². The summed E-state index contributed by atoms with van der Waals surface area (Å²) in [6, 6.07) is 9.40. The molecule has 0 amide bonds. The molecule has 10 heteroatoms. The Balaban J connectivity index is 0. The van der Waals surface area contributed by atoms with Gasteiger partial charge in [0.25, 0.3) is 0 Å². The first-order chi connectivity index (χ1) is 14.5. The Bertz CT molecular complexity index is 774. The van der Waals surface area contributed by atoms with E-state index in [0.29, 0.717) is 29.6 Å². The second-order valence-electron chi connectivity index (χ2n) is 4.91. The summed E-state index contributed by atoms with van der Waals surface area (Å²) < 4.78 is 9.70. The SMILES string of the molecule is COc1cc(/C=C/CO)ccc1O.COc1cc(C=O)ccc1O.O=CCO.O=O. The Morgan fingerprint density at radius 1 is 0.800 bits per heavy atom. The third-order valence-corrected chi connectivity index (χ3v) is 3.03. The number of carbonyl (C=O) groups is 2. The first kappa shape index (κ1) is 28.4. The molecule has 0 aromatic heterocycles. The molecule has 30 heavy (non-hydrogen) atoms. The highest BCUT2D eigenvalue weighted by molar-refractivity contribution is 5.76. The van der Waals surface area contributed by atoms with Crippen molar-refractivity contribution < 1.29 is 39.5 Å². The van der Waals surface area contributed by atoms with Crippen molar-refractivity contribution >= 4 is 18.6 Å². The number of carbonyl (C=O) groups excluding carboxylic acids is 2. The Labute approximate surface area is 172 Å². The maximum Gasteiger partial charge on any atom is 0.161 e. The van der Waals surface area contributed by atoms with E-state index in [1.165, 1.54) is 32.4 Å². The van der Waals surface area contributed by atoms with E-state index in [9.17, 15) is 9.90 Å². The number of aliphatic hydroxyl groups excluding tert-OH is 2. The Hall–Kier alpha value is -3.76. The van der Waals surface area contributed by atoms with Gasteiger partial charge in [0.15, 0.2) is 23.0 Å². The van der Waals surface area contributed by atoms with Crippen LogP contribution >= 0.6 is 0 Å². The smallest absolute Gasteiger partial charge is 0.161 e. The fourth-order valence-electron chi connectivity index (χ4n) is 1.75. The lowest BCUT2D eigenvalue weighted by atomic mass is 10.2. The number of methoxy groups -OCH3 is 2. The molecule has 0 bridgehead atoms. The molecule has 2 rings (SSSR count). The zero-order chi connectivity index (χ0) is 23.4. The van der Waals surface area contributed by atoms with Gasteiger partial charge in [0.05, 0.1) is 27.4 Å². The van der Waals surface area contributed by atoms with E-state index in [1.807, 2.05) is 0 Å². The van der Waals surface area contributed by atoms with Crippen LogP contribution in [0.1, 0.15) is 15.9 Å². The molecule has 0 atom stereocenters. The molecule has 0 saturated carbocycles. The van der Waals surface area contributed by atoms with Crippen LogP contribution in [0.5, 0.6) is 23.0 Å². The average Bonchev–Trinajstić information content (AvgIpc) is 2.80. The van der Waals surface area contributed by atoms with E-state index in [2.05, 4.69) is 0 Å². The van der Waals surface area contributed by atoms with Crippen LogP contribution in [0.2, 0.25) is 0 Å². The molecule has 0 saturated heterocycles. The zero-order valence-electron chi connectivity index (χ0n) is 16.4. The highest BCUT2D eigenvalue weighted by Crippen LogP contribution is 2.26. The summed E-state index contributed by atoms with van der Waals surface area (Å²) in [5.41, 5.74) is 1.36. The van der Waals surface area contributed by atoms with E-state index in [4.69, 9.17) is 39.5 Å². The number of hydrogen-bond acceptors (Lipinski definition) is 10. The van der Waals surface area contributed by atoms with E-state index < -0.39 is 0 Å². The number of benzene rings is 2. The van der Waals surface area contributed by atoms with E-state index in [-0.39, 0.29) is 24.7 Å². The normalized spacial score (nSPS) is 8.93. The van der Waals surface area contributed by atoms with Crippen molar-refractivity contribution in [3.63, 3.8) is 0 Å². The Morgan fingerprint density at radius 2 is 1.23 bits per heavy atom. The molecular formula is C20H24O10. The third-order valence-electron chi connectivity index (χ3n) is 3.03. The van der Waals surface area contributed by atoms with Crippen LogP contribution in [0.4, 0.5) is 0 Å². The van der Waals surface area contributed by atoms with Crippen molar-refractivity contribution in [1.29, 1.82) is 0 Å². The molecule has 2 aromatic carbocycles. The van der Waals surface area contributed by atoms with Crippen LogP contribution in [-0.4, -0.2) is 60.4 Å². The number of phenols is 2. The summed E-state index contributed by atoms with van der Waals surface area (Å²) in [7, 11) is 2.93. The van der Waals surface area contributed by atoms with E-state index in [1.54, 1.807) is 30.4 Å². The van der Waals surface area contributed by atoms with Gasteiger partial charge in [0.1, 0.15) is 12.6 Å². The number of aldehydes is 2. The van der Waals surface area contributed by atoms with Crippen molar-refractivity contribution in [2.24, 2.45) is 0 Å². The van der Waals surface area contributed by atoms with Crippen LogP contribution in [0.25, 0.3) is 6.08 Å². The highest BCUT2D eigenvalue weighted by atomic mass is 16.7. The molecule has 0 spiro atoms. The van der Waals surface area contributed by atoms with Gasteiger partial charge in [-0.3, -0.25) is 4.79 Å². The van der Waals surface area contributed by atoms with Crippen molar-refractivity contribution in [3.05, 3.63) is 63.5 Å². The van der Waals surface area contributed by atoms with Crippen molar-refractivity contribution in [2.75, 3.05) is 27.4 Å². The molecule has 0 heterocycles. The van der Waals surface area contributed by atoms with Gasteiger partial charge in [-0.15, -0.1) is 0 Å². The van der Waals surface area contributed by atoms with Crippen molar-refractivity contribution in [2.45, 2.75) is 0 Å². The number of rotatable bonds is 6. The molecule has 10 nitrogen and oxygen atoms in total. The number of phenolic OH excluding ortho intramolecular Hbond substituents is 2. The summed E-state index contributed by atoms with van der Waals surface area (Å²) in [6.07, 6.45) is 4.50. The molecule has 2 aromatic rings. The molecule has 0 fully saturated rings. The maximum absolute atomic E-state index is 10.2. The monoisotopic (exact) mass is 424 g/mol. The second-order valence-corrected chi connectivity index (χ2v) is 4.91. The number of aliphatic hydroxyl groups is 2. The average molecular weight is 424 g/mol. The van der Waals surface area contributed by atoms with Gasteiger partial charge >= 0.3 is 0 Å². The summed E-state index contributed by atoms with van der Waals surface area (Å²) in [4.78, 5) is 33.2. The molecule has 164 valence electrons. The number of aromatic hydroxyl groups is 2. The first-order valence-electron chi connectivity index (χ1n) is 8.15. The zero-order valence-corrected chi connectivity index (χ0v) is 16.4. The van der Waals surface area contributed by atoms with Crippen LogP contribution in [0, 0.1) is 9.93 Å². The maximum atomic E-state index is 10.2. The number of hydrogen-bond donors (Lipinski definition) is 4. The predicted molar refractivity (Wildman–Crippen MR) is 111 cm³/mol. The summed E-state index contributed by atoms with van der Waals surface area (Å²) in [5.74, 6) is 0.899. The molecule has 0 aliphatic rings. The molecule has 0 aliphatic heterocycles. The third kappa shape index (κ3) is 11.8. The summed E-state index contributed by atoms with van der Waals surface area (Å²) in [6.45, 7) is -0.358. The van der Waals surface area contributed by atoms with Gasteiger partial charge in [0, 0.05) is 15.5 Å². The lowest BCUT2D eigenvalue weighted by Gasteiger charge is -2.03. The van der Waals surface area contributed by atoms with Crippen molar-refractivity contribution in [3.8, 4) is 23.0 Å². The lowest BCUT2D eigenvalue weighted by Crippen LogP contribution is -1.85. The van der Waals surface area contributed by atoms with Crippen LogP contribution in [0.3, 0.4) is 0 Å². The first-order valence-corrected chi connectivity index (χ1v) is 8.15. The highest BCUT2D eigenvalue weighted by Gasteiger charge is 2.00. The predicted octanol–water partition coefficient (Wildman–Crippen LogP) is 1.86. The molecule has 4 N–H and O–H groups in total.